The number of urea groups is 1. The van der Waals surface area contributed by atoms with Gasteiger partial charge in [-0.25, -0.2) is 4.79 Å². The molecule has 146 valence electrons. The molecule has 5 nitrogen and oxygen atoms in total. The molecule has 1 aliphatic heterocycles. The molecule has 0 aromatic carbocycles. The van der Waals surface area contributed by atoms with Gasteiger partial charge >= 0.3 is 6.03 Å². The number of hydrogen-bond acceptors (Lipinski definition) is 3. The molecule has 1 aromatic heterocycles. The average Bonchev–Trinajstić information content (AvgIpc) is 3.19. The summed E-state index contributed by atoms with van der Waals surface area (Å²) in [6, 6.07) is 3.93. The van der Waals surface area contributed by atoms with Crippen molar-refractivity contribution in [1.82, 2.24) is 15.5 Å². The third-order valence-electron chi connectivity index (χ3n) is 4.90. The van der Waals surface area contributed by atoms with E-state index in [2.05, 4.69) is 17.6 Å². The van der Waals surface area contributed by atoms with Crippen LogP contribution in [0, 0.1) is 5.92 Å². The first-order valence-electron chi connectivity index (χ1n) is 10.0. The number of piperidine rings is 1. The van der Waals surface area contributed by atoms with E-state index in [1.807, 2.05) is 17.5 Å². The molecule has 2 rings (SSSR count). The largest absolute Gasteiger partial charge is 0.356 e. The summed E-state index contributed by atoms with van der Waals surface area (Å²) in [7, 11) is 0. The summed E-state index contributed by atoms with van der Waals surface area (Å²) in [6.07, 6.45) is 9.11. The summed E-state index contributed by atoms with van der Waals surface area (Å²) in [4.78, 5) is 27.6. The molecular formula is C20H33N3O2S. The molecule has 26 heavy (non-hydrogen) atoms. The van der Waals surface area contributed by atoms with Gasteiger partial charge in [0.05, 0.1) is 12.5 Å². The molecule has 0 bridgehead atoms. The normalized spacial score (nSPS) is 17.1. The lowest BCUT2D eigenvalue weighted by molar-refractivity contribution is -0.126. The van der Waals surface area contributed by atoms with E-state index in [1.165, 1.54) is 32.1 Å². The van der Waals surface area contributed by atoms with Gasteiger partial charge in [0.15, 0.2) is 0 Å². The Kier molecular flexibility index (Phi) is 9.53. The minimum absolute atomic E-state index is 0.0631. The van der Waals surface area contributed by atoms with E-state index < -0.39 is 0 Å². The Bertz CT molecular complexity index is 533. The van der Waals surface area contributed by atoms with Gasteiger partial charge in [-0.3, -0.25) is 4.79 Å². The summed E-state index contributed by atoms with van der Waals surface area (Å²) >= 11 is 1.64. The van der Waals surface area contributed by atoms with E-state index in [4.69, 9.17) is 0 Å². The molecule has 1 fully saturated rings. The van der Waals surface area contributed by atoms with Crippen molar-refractivity contribution in [3.05, 3.63) is 22.4 Å². The summed E-state index contributed by atoms with van der Waals surface area (Å²) in [5.41, 5.74) is 0. The second-order valence-corrected chi connectivity index (χ2v) is 8.11. The van der Waals surface area contributed by atoms with Gasteiger partial charge in [0.2, 0.25) is 5.91 Å². The SMILES string of the molecule is CCCCCCCCNC(=O)C1CCCN(C(=O)NCc2cccs2)C1. The topological polar surface area (TPSA) is 61.4 Å². The number of amides is 3. The maximum Gasteiger partial charge on any atom is 0.317 e. The average molecular weight is 380 g/mol. The zero-order chi connectivity index (χ0) is 18.6. The van der Waals surface area contributed by atoms with E-state index in [9.17, 15) is 9.59 Å². The van der Waals surface area contributed by atoms with Gasteiger partial charge in [-0.05, 0) is 30.7 Å². The van der Waals surface area contributed by atoms with Crippen LogP contribution in [0.2, 0.25) is 0 Å². The van der Waals surface area contributed by atoms with Gasteiger partial charge in [-0.2, -0.15) is 0 Å². The Morgan fingerprint density at radius 3 is 2.77 bits per heavy atom. The number of carbonyl (C=O) groups is 2. The summed E-state index contributed by atoms with van der Waals surface area (Å²) in [6.45, 7) is 4.79. The maximum absolute atomic E-state index is 12.4. The number of rotatable bonds is 10. The van der Waals surface area contributed by atoms with E-state index in [1.54, 1.807) is 16.2 Å². The second-order valence-electron chi connectivity index (χ2n) is 7.08. The molecule has 0 radical (unpaired) electrons. The predicted molar refractivity (Wildman–Crippen MR) is 107 cm³/mol. The molecule has 0 saturated carbocycles. The lowest BCUT2D eigenvalue weighted by atomic mass is 9.97. The number of thiophene rings is 1. The van der Waals surface area contributed by atoms with E-state index >= 15 is 0 Å². The highest BCUT2D eigenvalue weighted by molar-refractivity contribution is 7.09. The van der Waals surface area contributed by atoms with Gasteiger partial charge in [0, 0.05) is 24.5 Å². The van der Waals surface area contributed by atoms with Crippen LogP contribution in [0.5, 0.6) is 0 Å². The molecule has 2 heterocycles. The number of likely N-dealkylation sites (tertiary alicyclic amines) is 1. The Morgan fingerprint density at radius 1 is 1.19 bits per heavy atom. The first-order valence-corrected chi connectivity index (χ1v) is 10.9. The first kappa shape index (κ1) is 20.7. The van der Waals surface area contributed by atoms with Crippen LogP contribution in [-0.2, 0) is 11.3 Å². The van der Waals surface area contributed by atoms with Crippen molar-refractivity contribution >= 4 is 23.3 Å². The summed E-state index contributed by atoms with van der Waals surface area (Å²) in [5.74, 6) is 0.0330. The molecule has 1 atom stereocenters. The van der Waals surface area contributed by atoms with Crippen molar-refractivity contribution < 1.29 is 9.59 Å². The van der Waals surface area contributed by atoms with Crippen molar-refractivity contribution in [2.24, 2.45) is 5.92 Å². The van der Waals surface area contributed by atoms with Crippen LogP contribution in [0.15, 0.2) is 17.5 Å². The second kappa shape index (κ2) is 11.9. The molecule has 1 unspecified atom stereocenters. The van der Waals surface area contributed by atoms with Crippen molar-refractivity contribution in [2.75, 3.05) is 19.6 Å². The highest BCUT2D eigenvalue weighted by atomic mass is 32.1. The molecular weight excluding hydrogens is 346 g/mol. The van der Waals surface area contributed by atoms with Crippen LogP contribution in [0.4, 0.5) is 4.79 Å². The van der Waals surface area contributed by atoms with Gasteiger partial charge in [-0.15, -0.1) is 11.3 Å². The molecule has 3 amide bonds. The Labute approximate surface area is 161 Å². The molecule has 0 aliphatic carbocycles. The molecule has 0 spiro atoms. The zero-order valence-electron chi connectivity index (χ0n) is 16.0. The fraction of sp³-hybridized carbons (Fsp3) is 0.700. The highest BCUT2D eigenvalue weighted by Crippen LogP contribution is 2.17. The Morgan fingerprint density at radius 2 is 2.00 bits per heavy atom. The minimum atomic E-state index is -0.0728. The fourth-order valence-corrected chi connectivity index (χ4v) is 3.97. The monoisotopic (exact) mass is 379 g/mol. The Hall–Kier alpha value is -1.56. The third kappa shape index (κ3) is 7.36. The first-order chi connectivity index (χ1) is 12.7. The van der Waals surface area contributed by atoms with Crippen molar-refractivity contribution in [3.63, 3.8) is 0 Å². The standard InChI is InChI=1S/C20H33N3O2S/c1-2-3-4-5-6-7-12-21-19(24)17-10-8-13-23(16-17)20(25)22-15-18-11-9-14-26-18/h9,11,14,17H,2-8,10,12-13,15-16H2,1H3,(H,21,24)(H,22,25). The third-order valence-corrected chi connectivity index (χ3v) is 5.78. The van der Waals surface area contributed by atoms with Crippen molar-refractivity contribution in [1.29, 1.82) is 0 Å². The number of unbranched alkanes of at least 4 members (excludes halogenated alkanes) is 5. The molecule has 1 aliphatic rings. The van der Waals surface area contributed by atoms with Gasteiger partial charge in [0.1, 0.15) is 0 Å². The highest BCUT2D eigenvalue weighted by Gasteiger charge is 2.28. The quantitative estimate of drug-likeness (QED) is 0.600. The van der Waals surface area contributed by atoms with Crippen LogP contribution in [0.3, 0.4) is 0 Å². The van der Waals surface area contributed by atoms with E-state index in [0.717, 1.165) is 37.2 Å². The smallest absolute Gasteiger partial charge is 0.317 e. The zero-order valence-corrected chi connectivity index (χ0v) is 16.8. The number of nitrogens with one attached hydrogen (secondary N) is 2. The van der Waals surface area contributed by atoms with Gasteiger partial charge in [0.25, 0.3) is 0 Å². The predicted octanol–water partition coefficient (Wildman–Crippen LogP) is 4.15. The van der Waals surface area contributed by atoms with E-state index in [0.29, 0.717) is 13.1 Å². The van der Waals surface area contributed by atoms with Crippen LogP contribution in [0.25, 0.3) is 0 Å². The summed E-state index contributed by atoms with van der Waals surface area (Å²) in [5, 5.41) is 8.02. The van der Waals surface area contributed by atoms with Crippen LogP contribution < -0.4 is 10.6 Å². The number of hydrogen-bond donors (Lipinski definition) is 2. The van der Waals surface area contributed by atoms with Gasteiger partial charge in [-0.1, -0.05) is 45.1 Å². The lowest BCUT2D eigenvalue weighted by Crippen LogP contribution is -2.48. The number of carbonyl (C=O) groups excluding carboxylic acids is 2. The van der Waals surface area contributed by atoms with Crippen molar-refractivity contribution in [2.45, 2.75) is 64.8 Å². The Balaban J connectivity index is 1.63. The molecule has 2 N–H and O–H groups in total. The van der Waals surface area contributed by atoms with Gasteiger partial charge < -0.3 is 15.5 Å². The van der Waals surface area contributed by atoms with E-state index in [-0.39, 0.29) is 17.9 Å². The summed E-state index contributed by atoms with van der Waals surface area (Å²) < 4.78 is 0. The minimum Gasteiger partial charge on any atom is -0.356 e. The number of nitrogens with zero attached hydrogens (tertiary/aromatic N) is 1. The maximum atomic E-state index is 12.4. The fourth-order valence-electron chi connectivity index (χ4n) is 3.32. The molecule has 1 saturated heterocycles. The molecule has 6 heteroatoms. The van der Waals surface area contributed by atoms with Crippen LogP contribution >= 0.6 is 11.3 Å². The van der Waals surface area contributed by atoms with Crippen molar-refractivity contribution in [3.8, 4) is 0 Å². The lowest BCUT2D eigenvalue weighted by Gasteiger charge is -2.32. The van der Waals surface area contributed by atoms with Crippen LogP contribution in [-0.4, -0.2) is 36.5 Å². The van der Waals surface area contributed by atoms with Crippen LogP contribution in [0.1, 0.15) is 63.2 Å². The molecule has 1 aromatic rings.